The minimum atomic E-state index is 0.533. The fourth-order valence-electron chi connectivity index (χ4n) is 1.93. The summed E-state index contributed by atoms with van der Waals surface area (Å²) in [5.74, 6) is 1.07. The molecule has 1 aliphatic rings. The lowest BCUT2D eigenvalue weighted by Gasteiger charge is -2.17. The molecule has 13 heavy (non-hydrogen) atoms. The second-order valence-corrected chi connectivity index (χ2v) is 3.62. The molecular formula is C11H12N2. The Morgan fingerprint density at radius 1 is 1.54 bits per heavy atom. The van der Waals surface area contributed by atoms with Crippen LogP contribution in [0.25, 0.3) is 4.85 Å². The lowest BCUT2D eigenvalue weighted by Crippen LogP contribution is -2.08. The standard InChI is InChI=1S/C11H12N2/c1-8-4-3-5-9-6-7-10(12-2)13-11(8)9/h6-8H,3-5H2,1H3/t8-/m0/s1. The Morgan fingerprint density at radius 3 is 3.15 bits per heavy atom. The lowest BCUT2D eigenvalue weighted by atomic mass is 9.88. The van der Waals surface area contributed by atoms with Crippen molar-refractivity contribution in [2.24, 2.45) is 0 Å². The summed E-state index contributed by atoms with van der Waals surface area (Å²) in [4.78, 5) is 7.71. The van der Waals surface area contributed by atoms with Gasteiger partial charge in [0.15, 0.2) is 0 Å². The molecule has 0 bridgehead atoms. The number of fused-ring (bicyclic) bond motifs is 1. The highest BCUT2D eigenvalue weighted by atomic mass is 14.9. The van der Waals surface area contributed by atoms with Crippen molar-refractivity contribution < 1.29 is 0 Å². The van der Waals surface area contributed by atoms with Crippen LogP contribution in [-0.4, -0.2) is 4.98 Å². The minimum Gasteiger partial charge on any atom is -0.361 e. The molecule has 0 fully saturated rings. The van der Waals surface area contributed by atoms with Crippen molar-refractivity contribution in [2.45, 2.75) is 32.1 Å². The molecule has 0 aromatic carbocycles. The zero-order valence-electron chi connectivity index (χ0n) is 7.75. The van der Waals surface area contributed by atoms with Crippen molar-refractivity contribution in [3.63, 3.8) is 0 Å². The molecule has 2 heteroatoms. The average molecular weight is 172 g/mol. The van der Waals surface area contributed by atoms with Crippen LogP contribution in [0.2, 0.25) is 0 Å². The van der Waals surface area contributed by atoms with Gasteiger partial charge < -0.3 is 4.85 Å². The summed E-state index contributed by atoms with van der Waals surface area (Å²) in [6, 6.07) is 3.88. The molecule has 2 rings (SSSR count). The Labute approximate surface area is 78.4 Å². The Bertz CT molecular complexity index is 363. The number of hydrogen-bond acceptors (Lipinski definition) is 1. The summed E-state index contributed by atoms with van der Waals surface area (Å²) in [6.45, 7) is 9.08. The molecule has 0 radical (unpaired) electrons. The first-order valence-corrected chi connectivity index (χ1v) is 4.68. The zero-order valence-corrected chi connectivity index (χ0v) is 7.75. The van der Waals surface area contributed by atoms with Gasteiger partial charge in [-0.1, -0.05) is 19.6 Å². The molecule has 0 spiro atoms. The second-order valence-electron chi connectivity index (χ2n) is 3.62. The van der Waals surface area contributed by atoms with Crippen molar-refractivity contribution >= 4 is 5.82 Å². The van der Waals surface area contributed by atoms with Gasteiger partial charge in [-0.15, -0.1) is 4.98 Å². The third-order valence-electron chi connectivity index (χ3n) is 2.66. The second kappa shape index (κ2) is 3.18. The van der Waals surface area contributed by atoms with E-state index in [4.69, 9.17) is 6.57 Å². The van der Waals surface area contributed by atoms with Crippen molar-refractivity contribution in [2.75, 3.05) is 0 Å². The van der Waals surface area contributed by atoms with Gasteiger partial charge in [0.2, 0.25) is 0 Å². The van der Waals surface area contributed by atoms with Gasteiger partial charge >= 0.3 is 0 Å². The van der Waals surface area contributed by atoms with Gasteiger partial charge in [0, 0.05) is 5.92 Å². The van der Waals surface area contributed by atoms with Crippen molar-refractivity contribution in [1.82, 2.24) is 4.98 Å². The molecule has 1 atom stereocenters. The Morgan fingerprint density at radius 2 is 2.38 bits per heavy atom. The molecule has 0 saturated heterocycles. The number of rotatable bonds is 0. The molecule has 1 aromatic rings. The third-order valence-corrected chi connectivity index (χ3v) is 2.66. The summed E-state index contributed by atoms with van der Waals surface area (Å²) in [5, 5.41) is 0. The van der Waals surface area contributed by atoms with E-state index >= 15 is 0 Å². The molecule has 0 saturated carbocycles. The first kappa shape index (κ1) is 8.25. The number of hydrogen-bond donors (Lipinski definition) is 0. The Balaban J connectivity index is 2.48. The van der Waals surface area contributed by atoms with Crippen molar-refractivity contribution in [3.05, 3.63) is 34.8 Å². The largest absolute Gasteiger partial charge is 0.361 e. The maximum atomic E-state index is 6.89. The minimum absolute atomic E-state index is 0.533. The van der Waals surface area contributed by atoms with Crippen molar-refractivity contribution in [1.29, 1.82) is 0 Å². The summed E-state index contributed by atoms with van der Waals surface area (Å²) in [6.07, 6.45) is 3.60. The first-order chi connectivity index (χ1) is 6.31. The molecule has 0 N–H and O–H groups in total. The molecule has 0 amide bonds. The molecule has 2 nitrogen and oxygen atoms in total. The van der Waals surface area contributed by atoms with E-state index < -0.39 is 0 Å². The number of nitrogens with zero attached hydrogens (tertiary/aromatic N) is 2. The third kappa shape index (κ3) is 1.42. The zero-order chi connectivity index (χ0) is 9.26. The maximum absolute atomic E-state index is 6.89. The SMILES string of the molecule is [C-]#[N+]c1ccc2c(n1)[C@@H](C)CCC2. The molecule has 1 aromatic heterocycles. The van der Waals surface area contributed by atoms with E-state index in [1.807, 2.05) is 6.07 Å². The Hall–Kier alpha value is -1.36. The molecule has 0 unspecified atom stereocenters. The highest BCUT2D eigenvalue weighted by molar-refractivity contribution is 5.41. The topological polar surface area (TPSA) is 17.2 Å². The fraction of sp³-hybridized carbons (Fsp3) is 0.455. The normalized spacial score (nSPS) is 20.5. The van der Waals surface area contributed by atoms with E-state index in [0.717, 1.165) is 12.1 Å². The van der Waals surface area contributed by atoms with E-state index in [2.05, 4.69) is 22.8 Å². The summed E-state index contributed by atoms with van der Waals surface area (Å²) in [5.41, 5.74) is 2.49. The molecule has 1 heterocycles. The van der Waals surface area contributed by atoms with E-state index in [1.54, 1.807) is 0 Å². The van der Waals surface area contributed by atoms with Gasteiger partial charge in [-0.3, -0.25) is 0 Å². The lowest BCUT2D eigenvalue weighted by molar-refractivity contribution is 0.574. The molecule has 1 aliphatic carbocycles. The van der Waals surface area contributed by atoms with Gasteiger partial charge in [0.25, 0.3) is 5.82 Å². The first-order valence-electron chi connectivity index (χ1n) is 4.68. The van der Waals surface area contributed by atoms with Crippen LogP contribution in [0, 0.1) is 6.57 Å². The van der Waals surface area contributed by atoms with Gasteiger partial charge in [0.05, 0.1) is 0 Å². The van der Waals surface area contributed by atoms with E-state index in [0.29, 0.717) is 11.7 Å². The van der Waals surface area contributed by atoms with Crippen LogP contribution in [0.4, 0.5) is 5.82 Å². The van der Waals surface area contributed by atoms with Crippen LogP contribution in [-0.2, 0) is 6.42 Å². The summed E-state index contributed by atoms with van der Waals surface area (Å²) in [7, 11) is 0. The quantitative estimate of drug-likeness (QED) is 0.550. The van der Waals surface area contributed by atoms with E-state index in [1.165, 1.54) is 18.4 Å². The summed E-state index contributed by atoms with van der Waals surface area (Å²) >= 11 is 0. The van der Waals surface area contributed by atoms with Crippen LogP contribution in [0.15, 0.2) is 12.1 Å². The number of pyridine rings is 1. The molecule has 0 aliphatic heterocycles. The van der Waals surface area contributed by atoms with Gasteiger partial charge in [0.1, 0.15) is 5.69 Å². The van der Waals surface area contributed by atoms with E-state index in [-0.39, 0.29) is 0 Å². The van der Waals surface area contributed by atoms with Gasteiger partial charge in [-0.2, -0.15) is 0 Å². The van der Waals surface area contributed by atoms with Crippen molar-refractivity contribution in [3.8, 4) is 0 Å². The fourth-order valence-corrected chi connectivity index (χ4v) is 1.93. The molecule has 66 valence electrons. The summed E-state index contributed by atoms with van der Waals surface area (Å²) < 4.78 is 0. The van der Waals surface area contributed by atoms with E-state index in [9.17, 15) is 0 Å². The predicted octanol–water partition coefficient (Wildman–Crippen LogP) is 3.07. The average Bonchev–Trinajstić information content (AvgIpc) is 2.18. The monoisotopic (exact) mass is 172 g/mol. The predicted molar refractivity (Wildman–Crippen MR) is 51.9 cm³/mol. The van der Waals surface area contributed by atoms with Gasteiger partial charge in [-0.25, -0.2) is 0 Å². The smallest absolute Gasteiger partial charge is 0.269 e. The maximum Gasteiger partial charge on any atom is 0.269 e. The van der Waals surface area contributed by atoms with Crippen LogP contribution in [0.3, 0.4) is 0 Å². The number of aryl methyl sites for hydroxylation is 1. The van der Waals surface area contributed by atoms with Gasteiger partial charge in [-0.05, 0) is 30.9 Å². The number of aromatic nitrogens is 1. The highest BCUT2D eigenvalue weighted by Gasteiger charge is 2.20. The Kier molecular flexibility index (Phi) is 2.02. The van der Waals surface area contributed by atoms with Crippen LogP contribution in [0.5, 0.6) is 0 Å². The highest BCUT2D eigenvalue weighted by Crippen LogP contribution is 2.30. The van der Waals surface area contributed by atoms with Crippen LogP contribution < -0.4 is 0 Å². The van der Waals surface area contributed by atoms with Crippen LogP contribution in [0.1, 0.15) is 36.9 Å². The van der Waals surface area contributed by atoms with Crippen LogP contribution >= 0.6 is 0 Å². The molecular weight excluding hydrogens is 160 g/mol.